The van der Waals surface area contributed by atoms with Crippen LogP contribution in [0.15, 0.2) is 72.0 Å². The number of hydrazone groups is 1. The number of nitrogens with one attached hydrogen (secondary N) is 1. The Labute approximate surface area is 183 Å². The molecule has 3 amide bonds. The molecule has 8 heteroatoms. The molecule has 2 aromatic carbocycles. The number of carbonyl (C=O) groups excluding carboxylic acids is 3. The molecule has 2 heterocycles. The Balaban J connectivity index is 1.49. The summed E-state index contributed by atoms with van der Waals surface area (Å²) < 4.78 is 0. The van der Waals surface area contributed by atoms with E-state index in [-0.39, 0.29) is 11.5 Å². The van der Waals surface area contributed by atoms with Gasteiger partial charge in [-0.1, -0.05) is 54.6 Å². The lowest BCUT2D eigenvalue weighted by atomic mass is 10.1. The molecular formula is C23H18N4O3S. The summed E-state index contributed by atoms with van der Waals surface area (Å²) in [5.74, 6) is -1.73. The Kier molecular flexibility index (Phi) is 5.81. The Morgan fingerprint density at radius 1 is 1.06 bits per heavy atom. The van der Waals surface area contributed by atoms with Gasteiger partial charge >= 0.3 is 0 Å². The standard InChI is InChI=1S/C23H18N4O3S/c28-20(13-17-15-24-19-11-5-4-10-18(17)19)26-21(29)14-22(30)27(23(26)31)25-12-6-9-16-7-2-1-3-8-16/h1-12,15,24H,13-14H2/b9-6+,25-12+. The maximum atomic E-state index is 12.9. The number of benzene rings is 2. The number of hydrogen-bond acceptors (Lipinski definition) is 5. The maximum Gasteiger partial charge on any atom is 0.258 e. The fourth-order valence-corrected chi connectivity index (χ4v) is 3.65. The number of carbonyl (C=O) groups is 3. The lowest BCUT2D eigenvalue weighted by Gasteiger charge is -2.30. The van der Waals surface area contributed by atoms with Gasteiger partial charge in [0.15, 0.2) is 0 Å². The SMILES string of the molecule is O=C1CC(=O)N(C(=O)Cc2c[nH]c3ccccc23)C(=S)N1/N=C/C=C/c1ccccc1. The Morgan fingerprint density at radius 2 is 1.81 bits per heavy atom. The molecule has 0 aliphatic carbocycles. The van der Waals surface area contributed by atoms with E-state index < -0.39 is 24.1 Å². The third-order valence-electron chi connectivity index (χ3n) is 4.78. The maximum absolute atomic E-state index is 12.9. The Hall–Kier alpha value is -3.91. The van der Waals surface area contributed by atoms with Gasteiger partial charge in [-0.25, -0.2) is 4.90 Å². The van der Waals surface area contributed by atoms with E-state index in [9.17, 15) is 14.4 Å². The number of nitrogens with zero attached hydrogens (tertiary/aromatic N) is 3. The fourth-order valence-electron chi connectivity index (χ4n) is 3.29. The minimum absolute atomic E-state index is 0.0322. The minimum atomic E-state index is -0.647. The molecule has 1 N–H and O–H groups in total. The average molecular weight is 430 g/mol. The largest absolute Gasteiger partial charge is 0.361 e. The second kappa shape index (κ2) is 8.85. The summed E-state index contributed by atoms with van der Waals surface area (Å²) in [5.41, 5.74) is 2.60. The smallest absolute Gasteiger partial charge is 0.258 e. The van der Waals surface area contributed by atoms with Crippen molar-refractivity contribution in [1.29, 1.82) is 0 Å². The van der Waals surface area contributed by atoms with E-state index in [0.29, 0.717) is 0 Å². The zero-order valence-corrected chi connectivity index (χ0v) is 17.2. The van der Waals surface area contributed by atoms with Gasteiger partial charge in [0, 0.05) is 23.3 Å². The summed E-state index contributed by atoms with van der Waals surface area (Å²) in [6.45, 7) is 0. The number of H-pyrrole nitrogens is 1. The number of allylic oxidation sites excluding steroid dienone is 1. The van der Waals surface area contributed by atoms with Crippen LogP contribution in [-0.2, 0) is 20.8 Å². The van der Waals surface area contributed by atoms with Crippen LogP contribution >= 0.6 is 12.2 Å². The summed E-state index contributed by atoms with van der Waals surface area (Å²) in [5, 5.41) is 5.62. The second-order valence-electron chi connectivity index (χ2n) is 6.86. The molecule has 154 valence electrons. The quantitative estimate of drug-likeness (QED) is 0.382. The van der Waals surface area contributed by atoms with Gasteiger partial charge in [0.1, 0.15) is 6.42 Å². The van der Waals surface area contributed by atoms with Crippen molar-refractivity contribution in [2.24, 2.45) is 5.10 Å². The molecule has 1 fully saturated rings. The predicted molar refractivity (Wildman–Crippen MR) is 122 cm³/mol. The lowest BCUT2D eigenvalue weighted by Crippen LogP contribution is -2.55. The van der Waals surface area contributed by atoms with Crippen LogP contribution in [0.25, 0.3) is 17.0 Å². The van der Waals surface area contributed by atoms with E-state index in [1.807, 2.05) is 60.7 Å². The molecule has 0 bridgehead atoms. The van der Waals surface area contributed by atoms with Crippen molar-refractivity contribution in [3.05, 3.63) is 78.0 Å². The van der Waals surface area contributed by atoms with Crippen LogP contribution in [0.4, 0.5) is 0 Å². The second-order valence-corrected chi connectivity index (χ2v) is 7.22. The normalized spacial score (nSPS) is 15.0. The van der Waals surface area contributed by atoms with Crippen LogP contribution in [0.1, 0.15) is 17.5 Å². The number of imide groups is 1. The van der Waals surface area contributed by atoms with Gasteiger partial charge in [-0.15, -0.1) is 0 Å². The average Bonchev–Trinajstić information content (AvgIpc) is 3.16. The van der Waals surface area contributed by atoms with E-state index >= 15 is 0 Å². The summed E-state index contributed by atoms with van der Waals surface area (Å²) in [6.07, 6.45) is 6.09. The molecule has 0 unspecified atom stereocenters. The fraction of sp³-hybridized carbons (Fsp3) is 0.0870. The molecule has 0 radical (unpaired) electrons. The number of aromatic amines is 1. The minimum Gasteiger partial charge on any atom is -0.361 e. The van der Waals surface area contributed by atoms with Crippen LogP contribution < -0.4 is 0 Å². The van der Waals surface area contributed by atoms with E-state index in [1.165, 1.54) is 6.21 Å². The van der Waals surface area contributed by atoms with E-state index in [1.54, 1.807) is 12.3 Å². The zero-order valence-electron chi connectivity index (χ0n) is 16.4. The van der Waals surface area contributed by atoms with Crippen molar-refractivity contribution in [3.8, 4) is 0 Å². The number of para-hydroxylation sites is 1. The first-order chi connectivity index (χ1) is 15.0. The van der Waals surface area contributed by atoms with Crippen LogP contribution in [0.5, 0.6) is 0 Å². The first-order valence-corrected chi connectivity index (χ1v) is 9.99. The van der Waals surface area contributed by atoms with Crippen molar-refractivity contribution < 1.29 is 14.4 Å². The molecule has 31 heavy (non-hydrogen) atoms. The van der Waals surface area contributed by atoms with Crippen molar-refractivity contribution in [2.75, 3.05) is 0 Å². The van der Waals surface area contributed by atoms with Crippen LogP contribution in [0.3, 0.4) is 0 Å². The third-order valence-corrected chi connectivity index (χ3v) is 5.14. The highest BCUT2D eigenvalue weighted by Crippen LogP contribution is 2.21. The summed E-state index contributed by atoms with van der Waals surface area (Å²) in [6, 6.07) is 17.1. The highest BCUT2D eigenvalue weighted by atomic mass is 32.1. The Bertz CT molecular complexity index is 1230. The van der Waals surface area contributed by atoms with Crippen molar-refractivity contribution >= 4 is 58.2 Å². The van der Waals surface area contributed by atoms with Crippen molar-refractivity contribution in [1.82, 2.24) is 14.9 Å². The molecule has 0 saturated carbocycles. The van der Waals surface area contributed by atoms with E-state index in [4.69, 9.17) is 12.2 Å². The van der Waals surface area contributed by atoms with Gasteiger partial charge in [-0.05, 0) is 35.5 Å². The van der Waals surface area contributed by atoms with Crippen LogP contribution in [-0.4, -0.2) is 43.9 Å². The zero-order chi connectivity index (χ0) is 21.8. The highest BCUT2D eigenvalue weighted by Gasteiger charge is 2.38. The molecule has 0 spiro atoms. The van der Waals surface area contributed by atoms with Gasteiger partial charge in [0.05, 0.1) is 6.42 Å². The summed E-state index contributed by atoms with van der Waals surface area (Å²) in [4.78, 5) is 41.5. The van der Waals surface area contributed by atoms with Gasteiger partial charge in [0.2, 0.25) is 16.9 Å². The molecule has 1 saturated heterocycles. The molecule has 3 aromatic rings. The molecular weight excluding hydrogens is 412 g/mol. The number of rotatable bonds is 5. The van der Waals surface area contributed by atoms with Gasteiger partial charge < -0.3 is 4.98 Å². The Morgan fingerprint density at radius 3 is 2.61 bits per heavy atom. The molecule has 1 aromatic heterocycles. The first kappa shape index (κ1) is 20.4. The molecule has 4 rings (SSSR count). The highest BCUT2D eigenvalue weighted by molar-refractivity contribution is 7.80. The van der Waals surface area contributed by atoms with Crippen LogP contribution in [0.2, 0.25) is 0 Å². The molecule has 1 aliphatic heterocycles. The summed E-state index contributed by atoms with van der Waals surface area (Å²) in [7, 11) is 0. The number of aromatic nitrogens is 1. The number of amides is 3. The molecule has 7 nitrogen and oxygen atoms in total. The first-order valence-electron chi connectivity index (χ1n) is 9.58. The van der Waals surface area contributed by atoms with Gasteiger partial charge in [0.25, 0.3) is 5.91 Å². The van der Waals surface area contributed by atoms with Crippen LogP contribution in [0, 0.1) is 0 Å². The van der Waals surface area contributed by atoms with Crippen molar-refractivity contribution in [2.45, 2.75) is 12.8 Å². The lowest BCUT2D eigenvalue weighted by molar-refractivity contribution is -0.146. The molecule has 0 atom stereocenters. The predicted octanol–water partition coefficient (Wildman–Crippen LogP) is 3.28. The van der Waals surface area contributed by atoms with E-state index in [0.717, 1.165) is 31.9 Å². The topological polar surface area (TPSA) is 85.8 Å². The van der Waals surface area contributed by atoms with E-state index in [2.05, 4.69) is 10.1 Å². The number of hydrogen-bond donors (Lipinski definition) is 1. The number of fused-ring (bicyclic) bond motifs is 1. The van der Waals surface area contributed by atoms with Gasteiger partial charge in [-0.2, -0.15) is 10.1 Å². The monoisotopic (exact) mass is 430 g/mol. The summed E-state index contributed by atoms with van der Waals surface area (Å²) >= 11 is 5.26. The van der Waals surface area contributed by atoms with Crippen molar-refractivity contribution in [3.63, 3.8) is 0 Å². The third kappa shape index (κ3) is 4.34. The number of thiocarbonyl (C=S) groups is 1. The molecule has 1 aliphatic rings. The van der Waals surface area contributed by atoms with Gasteiger partial charge in [-0.3, -0.25) is 14.4 Å².